The molecule has 2 fully saturated rings. The molecule has 2 heterocycles. The molecule has 0 aromatic carbocycles. The fourth-order valence-electron chi connectivity index (χ4n) is 3.11. The second-order valence-corrected chi connectivity index (χ2v) is 10.8. The van der Waals surface area contributed by atoms with Crippen molar-refractivity contribution < 1.29 is 49.2 Å². The van der Waals surface area contributed by atoms with Gasteiger partial charge in [-0.3, -0.25) is 14.8 Å². The second-order valence-electron chi connectivity index (χ2n) is 6.93. The highest BCUT2D eigenvalue weighted by molar-refractivity contribution is 8.05. The summed E-state index contributed by atoms with van der Waals surface area (Å²) in [5.41, 5.74) is 0. The molecule has 174 valence electrons. The zero-order valence-corrected chi connectivity index (χ0v) is 17.3. The van der Waals surface area contributed by atoms with E-state index in [9.17, 15) is 49.2 Å². The fourth-order valence-corrected chi connectivity index (χ4v) is 5.80. The lowest BCUT2D eigenvalue weighted by Crippen LogP contribution is -2.59. The van der Waals surface area contributed by atoms with Crippen LogP contribution in [0, 0.1) is 0 Å². The van der Waals surface area contributed by atoms with Crippen LogP contribution in [0.15, 0.2) is 0 Å². The van der Waals surface area contributed by atoms with Crippen molar-refractivity contribution in [2.75, 3.05) is 26.2 Å². The number of hydrogen-bond donors (Lipinski definition) is 1. The van der Waals surface area contributed by atoms with Crippen LogP contribution in [0.4, 0.5) is 17.6 Å². The normalized spacial score (nSPS) is 19.8. The number of nitrogens with zero attached hydrogens (tertiary/aromatic N) is 3. The van der Waals surface area contributed by atoms with Crippen molar-refractivity contribution in [3.63, 3.8) is 0 Å². The van der Waals surface area contributed by atoms with Crippen LogP contribution in [0.25, 0.3) is 0 Å². The van der Waals surface area contributed by atoms with E-state index in [1.54, 1.807) is 0 Å². The van der Waals surface area contributed by atoms with Crippen LogP contribution in [0.5, 0.6) is 0 Å². The monoisotopic (exact) mass is 483 g/mol. The van der Waals surface area contributed by atoms with Gasteiger partial charge < -0.3 is 9.80 Å². The Morgan fingerprint density at radius 1 is 0.667 bits per heavy atom. The third-order valence-electron chi connectivity index (χ3n) is 4.84. The number of likely N-dealkylation sites (tertiary alicyclic amines) is 2. The molecule has 0 saturated carbocycles. The maximum atomic E-state index is 14.3. The molecule has 0 bridgehead atoms. The van der Waals surface area contributed by atoms with Gasteiger partial charge in [-0.25, -0.2) is 16.8 Å². The quantitative estimate of drug-likeness (QED) is 0.431. The molecule has 16 heteroatoms. The Bertz CT molecular complexity index is 811. The number of amides is 2. The van der Waals surface area contributed by atoms with Gasteiger partial charge in [-0.05, 0) is 38.5 Å². The predicted molar refractivity (Wildman–Crippen MR) is 92.2 cm³/mol. The summed E-state index contributed by atoms with van der Waals surface area (Å²) < 4.78 is 103. The zero-order chi connectivity index (χ0) is 23.0. The van der Waals surface area contributed by atoms with E-state index in [2.05, 4.69) is 0 Å². The lowest BCUT2D eigenvalue weighted by atomic mass is 10.1. The molecule has 0 radical (unpaired) electrons. The van der Waals surface area contributed by atoms with Crippen LogP contribution in [-0.2, 0) is 29.6 Å². The minimum Gasteiger partial charge on any atom is -0.336 e. The second kappa shape index (κ2) is 8.55. The van der Waals surface area contributed by atoms with Crippen LogP contribution in [0.3, 0.4) is 0 Å². The van der Waals surface area contributed by atoms with E-state index >= 15 is 0 Å². The smallest absolute Gasteiger partial charge is 0.336 e. The molecule has 0 aromatic rings. The van der Waals surface area contributed by atoms with E-state index in [1.807, 2.05) is 0 Å². The van der Waals surface area contributed by atoms with Gasteiger partial charge in [-0.15, -0.1) is 0 Å². The zero-order valence-electron chi connectivity index (χ0n) is 15.6. The summed E-state index contributed by atoms with van der Waals surface area (Å²) in [6.07, 6.45) is 2.23. The fraction of sp³-hybridized carbons (Fsp3) is 0.857. The van der Waals surface area contributed by atoms with Crippen LogP contribution in [0.1, 0.15) is 38.5 Å². The van der Waals surface area contributed by atoms with Gasteiger partial charge in [0.25, 0.3) is 0 Å². The van der Waals surface area contributed by atoms with Crippen LogP contribution < -0.4 is 0 Å². The molecule has 2 rings (SSSR count). The Labute approximate surface area is 170 Å². The van der Waals surface area contributed by atoms with E-state index < -0.39 is 46.2 Å². The van der Waals surface area contributed by atoms with E-state index in [0.717, 1.165) is 0 Å². The van der Waals surface area contributed by atoms with Crippen molar-refractivity contribution in [2.45, 2.75) is 49.0 Å². The molecule has 30 heavy (non-hydrogen) atoms. The lowest BCUT2D eigenvalue weighted by molar-refractivity contribution is -0.149. The Morgan fingerprint density at radius 2 is 0.933 bits per heavy atom. The van der Waals surface area contributed by atoms with Crippen molar-refractivity contribution in [3.8, 4) is 0 Å². The molecule has 0 aromatic heterocycles. The highest BCUT2D eigenvalue weighted by atomic mass is 32.3. The number of carbonyl (C=O) groups excluding carboxylic acids is 2. The van der Waals surface area contributed by atoms with Gasteiger partial charge in [0.2, 0.25) is 0 Å². The average Bonchev–Trinajstić information content (AvgIpc) is 2.72. The summed E-state index contributed by atoms with van der Waals surface area (Å²) in [4.78, 5) is 24.7. The molecule has 0 unspecified atom stereocenters. The Hall–Kier alpha value is -1.52. The molecule has 0 spiro atoms. The molecule has 2 aliphatic rings. The van der Waals surface area contributed by atoms with Crippen LogP contribution >= 0.6 is 0 Å². The molecular formula is C14H21F4N3O7S2. The van der Waals surface area contributed by atoms with Crippen LogP contribution in [-0.4, -0.2) is 84.2 Å². The molecule has 0 aliphatic carbocycles. The topological polar surface area (TPSA) is 132 Å². The van der Waals surface area contributed by atoms with E-state index in [0.29, 0.717) is 22.6 Å². The number of alkyl halides is 4. The molecule has 1 N–H and O–H groups in total. The largest absolute Gasteiger partial charge is 0.438 e. The van der Waals surface area contributed by atoms with Crippen LogP contribution in [0.2, 0.25) is 0 Å². The van der Waals surface area contributed by atoms with Gasteiger partial charge in [0.1, 0.15) is 0 Å². The summed E-state index contributed by atoms with van der Waals surface area (Å²) in [6.45, 7) is -1.03. The van der Waals surface area contributed by atoms with Gasteiger partial charge in [-0.2, -0.15) is 17.6 Å². The highest BCUT2D eigenvalue weighted by Crippen LogP contribution is 2.35. The standard InChI is InChI=1S/C14H21F4N3O7S2/c15-13(16,11(22)19-7-3-1-4-8-19)29(25,26)21(24)30(27,28)14(17,18)12(23)20-9-5-2-6-10-20/h24H,1-10H2. The maximum Gasteiger partial charge on any atom is 0.438 e. The minimum atomic E-state index is -6.87. The molecule has 10 nitrogen and oxygen atoms in total. The summed E-state index contributed by atoms with van der Waals surface area (Å²) in [5, 5.41) is -1.69. The van der Waals surface area contributed by atoms with Gasteiger partial charge in [0.05, 0.1) is 0 Å². The van der Waals surface area contributed by atoms with Crippen molar-refractivity contribution in [1.82, 2.24) is 13.7 Å². The van der Waals surface area contributed by atoms with Crippen molar-refractivity contribution in [1.29, 1.82) is 0 Å². The Morgan fingerprint density at radius 3 is 1.20 bits per heavy atom. The first-order valence-corrected chi connectivity index (χ1v) is 11.9. The summed E-state index contributed by atoms with van der Waals surface area (Å²) >= 11 is 0. The van der Waals surface area contributed by atoms with E-state index in [-0.39, 0.29) is 51.9 Å². The van der Waals surface area contributed by atoms with Crippen molar-refractivity contribution in [2.24, 2.45) is 0 Å². The number of piperidine rings is 2. The summed E-state index contributed by atoms with van der Waals surface area (Å²) in [7, 11) is -13.7. The number of sulfonamides is 2. The average molecular weight is 483 g/mol. The van der Waals surface area contributed by atoms with Gasteiger partial charge in [-0.1, -0.05) is 0 Å². The maximum absolute atomic E-state index is 14.3. The first-order chi connectivity index (χ1) is 13.7. The third kappa shape index (κ3) is 4.13. The van der Waals surface area contributed by atoms with Crippen molar-refractivity contribution >= 4 is 31.9 Å². The SMILES string of the molecule is O=C(N1CCCCC1)C(F)(F)S(=O)(=O)N(O)S(=O)(=O)C(F)(F)C(=O)N1CCCCC1. The van der Waals surface area contributed by atoms with Gasteiger partial charge in [0.15, 0.2) is 0 Å². The summed E-state index contributed by atoms with van der Waals surface area (Å²) in [5.74, 6) is -4.72. The van der Waals surface area contributed by atoms with Crippen molar-refractivity contribution in [3.05, 3.63) is 0 Å². The minimum absolute atomic E-state index is 0.258. The number of rotatable bonds is 6. The predicted octanol–water partition coefficient (Wildman–Crippen LogP) is 0.548. The van der Waals surface area contributed by atoms with E-state index in [1.165, 1.54) is 0 Å². The first-order valence-electron chi connectivity index (χ1n) is 9.02. The number of hydrogen-bond acceptors (Lipinski definition) is 7. The number of carbonyl (C=O) groups is 2. The molecule has 0 atom stereocenters. The molecular weight excluding hydrogens is 462 g/mol. The van der Waals surface area contributed by atoms with Gasteiger partial charge >= 0.3 is 42.4 Å². The third-order valence-corrected chi connectivity index (χ3v) is 8.49. The number of halogens is 4. The highest BCUT2D eigenvalue weighted by Gasteiger charge is 2.67. The molecule has 2 saturated heterocycles. The summed E-state index contributed by atoms with van der Waals surface area (Å²) in [6, 6.07) is 0. The lowest BCUT2D eigenvalue weighted by Gasteiger charge is -2.32. The molecule has 2 amide bonds. The molecule has 2 aliphatic heterocycles. The Kier molecular flexibility index (Phi) is 7.05. The first kappa shape index (κ1) is 24.7. The van der Waals surface area contributed by atoms with E-state index in [4.69, 9.17) is 0 Å². The van der Waals surface area contributed by atoms with Gasteiger partial charge in [0, 0.05) is 30.1 Å². The Balaban J connectivity index is 2.33.